The van der Waals surface area contributed by atoms with Gasteiger partial charge < -0.3 is 15.5 Å². The van der Waals surface area contributed by atoms with Gasteiger partial charge in [0.05, 0.1) is 6.42 Å². The summed E-state index contributed by atoms with van der Waals surface area (Å²) in [6.45, 7) is 9.38. The van der Waals surface area contributed by atoms with Crippen molar-refractivity contribution in [3.8, 4) is 0 Å². The zero-order valence-corrected chi connectivity index (χ0v) is 18.6. The minimum absolute atomic E-state index is 0.151. The third-order valence-corrected chi connectivity index (χ3v) is 6.68. The summed E-state index contributed by atoms with van der Waals surface area (Å²) in [6.07, 6.45) is 7.57. The van der Waals surface area contributed by atoms with Crippen LogP contribution in [0.2, 0.25) is 0 Å². The minimum atomic E-state index is -0.313. The van der Waals surface area contributed by atoms with Crippen LogP contribution in [0, 0.1) is 6.42 Å². The second kappa shape index (κ2) is 10.8. The number of hydrogen-bond acceptors (Lipinski definition) is 3. The number of hydrogen-bond donors (Lipinski definition) is 1. The molecule has 0 bridgehead atoms. The summed E-state index contributed by atoms with van der Waals surface area (Å²) < 4.78 is 0. The first-order valence-corrected chi connectivity index (χ1v) is 11.5. The zero-order valence-electron chi connectivity index (χ0n) is 18.6. The Morgan fingerprint density at radius 1 is 0.967 bits per heavy atom. The summed E-state index contributed by atoms with van der Waals surface area (Å²) in [5.41, 5.74) is 9.41. The molecule has 0 aliphatic carbocycles. The largest absolute Gasteiger partial charge is 0.351 e. The Bertz CT molecular complexity index is 728. The molecule has 2 aliphatic rings. The fraction of sp³-hybridized carbons (Fsp3) is 0.625. The molecule has 3 amide bonds. The number of carbonyl (C=O) groups excluding carboxylic acids is 2. The lowest BCUT2D eigenvalue weighted by Gasteiger charge is -2.37. The lowest BCUT2D eigenvalue weighted by Crippen LogP contribution is -2.49. The van der Waals surface area contributed by atoms with Gasteiger partial charge in [-0.25, -0.2) is 4.79 Å². The van der Waals surface area contributed by atoms with E-state index in [0.717, 1.165) is 71.4 Å². The summed E-state index contributed by atoms with van der Waals surface area (Å²) in [7, 11) is 0. The van der Waals surface area contributed by atoms with Crippen molar-refractivity contribution in [1.82, 2.24) is 14.7 Å². The van der Waals surface area contributed by atoms with Gasteiger partial charge in [-0.3, -0.25) is 9.69 Å². The van der Waals surface area contributed by atoms with Crippen LogP contribution in [0.1, 0.15) is 49.8 Å². The van der Waals surface area contributed by atoms with Crippen molar-refractivity contribution in [1.29, 1.82) is 0 Å². The van der Waals surface area contributed by atoms with E-state index in [1.807, 2.05) is 11.3 Å². The highest BCUT2D eigenvalue weighted by Gasteiger charge is 2.28. The molecule has 0 atom stereocenters. The molecule has 0 saturated carbocycles. The van der Waals surface area contributed by atoms with Crippen LogP contribution in [0.25, 0.3) is 0 Å². The predicted molar refractivity (Wildman–Crippen MR) is 120 cm³/mol. The number of rotatable bonds is 6. The Balaban J connectivity index is 1.47. The molecule has 2 heterocycles. The Morgan fingerprint density at radius 3 is 2.37 bits per heavy atom. The van der Waals surface area contributed by atoms with Crippen LogP contribution in [0.15, 0.2) is 18.2 Å². The molecule has 6 heteroatoms. The third-order valence-electron chi connectivity index (χ3n) is 6.68. The lowest BCUT2D eigenvalue weighted by molar-refractivity contribution is -0.127. The van der Waals surface area contributed by atoms with Crippen LogP contribution in [0.3, 0.4) is 0 Å². The molecule has 0 unspecified atom stereocenters. The van der Waals surface area contributed by atoms with Crippen molar-refractivity contribution < 1.29 is 9.59 Å². The van der Waals surface area contributed by atoms with E-state index in [-0.39, 0.29) is 11.9 Å². The van der Waals surface area contributed by atoms with Crippen molar-refractivity contribution in [2.75, 3.05) is 39.3 Å². The van der Waals surface area contributed by atoms with E-state index in [1.54, 1.807) is 4.90 Å². The van der Waals surface area contributed by atoms with E-state index in [4.69, 9.17) is 5.73 Å². The van der Waals surface area contributed by atoms with Gasteiger partial charge in [-0.05, 0) is 55.2 Å². The van der Waals surface area contributed by atoms with E-state index >= 15 is 0 Å². The van der Waals surface area contributed by atoms with Gasteiger partial charge >= 0.3 is 6.03 Å². The van der Waals surface area contributed by atoms with Crippen LogP contribution in [0.4, 0.5) is 4.79 Å². The summed E-state index contributed by atoms with van der Waals surface area (Å²) in [5, 5.41) is 0. The van der Waals surface area contributed by atoms with E-state index in [0.29, 0.717) is 12.5 Å². The minimum Gasteiger partial charge on any atom is -0.351 e. The second-order valence-corrected chi connectivity index (χ2v) is 8.49. The molecule has 0 spiro atoms. The van der Waals surface area contributed by atoms with Gasteiger partial charge in [0.15, 0.2) is 0 Å². The maximum Gasteiger partial charge on any atom is 0.314 e. The molecule has 3 rings (SSSR count). The van der Waals surface area contributed by atoms with Gasteiger partial charge in [-0.1, -0.05) is 32.0 Å². The Labute approximate surface area is 181 Å². The highest BCUT2D eigenvalue weighted by Crippen LogP contribution is 2.19. The molecule has 0 aromatic heterocycles. The van der Waals surface area contributed by atoms with E-state index in [9.17, 15) is 9.59 Å². The summed E-state index contributed by atoms with van der Waals surface area (Å²) in [4.78, 5) is 30.4. The summed E-state index contributed by atoms with van der Waals surface area (Å²) in [5.74, 6) is 0.151. The predicted octanol–water partition coefficient (Wildman–Crippen LogP) is 2.64. The maximum absolute atomic E-state index is 12.8. The van der Waals surface area contributed by atoms with Crippen LogP contribution in [0.5, 0.6) is 0 Å². The first-order chi connectivity index (χ1) is 14.5. The molecule has 30 heavy (non-hydrogen) atoms. The van der Waals surface area contributed by atoms with Gasteiger partial charge in [0, 0.05) is 45.3 Å². The topological polar surface area (TPSA) is 69.9 Å². The smallest absolute Gasteiger partial charge is 0.314 e. The normalized spacial score (nSPS) is 19.0. The Kier molecular flexibility index (Phi) is 8.14. The molecule has 2 aliphatic heterocycles. The van der Waals surface area contributed by atoms with Crippen molar-refractivity contribution in [2.45, 2.75) is 58.4 Å². The first kappa shape index (κ1) is 22.6. The average molecular weight is 414 g/mol. The number of likely N-dealkylation sites (tertiary alicyclic amines) is 1. The van der Waals surface area contributed by atoms with Crippen molar-refractivity contribution in [3.63, 3.8) is 0 Å². The Morgan fingerprint density at radius 2 is 1.70 bits per heavy atom. The molecule has 2 saturated heterocycles. The lowest BCUT2D eigenvalue weighted by atomic mass is 9.98. The molecule has 1 aromatic rings. The standard InChI is InChI=1S/C24H37N4O2/c1-3-20-8-6-19(18-21(20)4-2)7-9-23(29)27-13-5-12-26(16-17-27)22-10-14-28(15-11-22)24(25)30/h6,8-9,18,22H,3-5,7,10-17H2,1-2H3,(H2,25,30). The fourth-order valence-corrected chi connectivity index (χ4v) is 4.79. The number of nitrogens with zero attached hydrogens (tertiary/aromatic N) is 3. The molecule has 165 valence electrons. The van der Waals surface area contributed by atoms with Gasteiger partial charge in [0.2, 0.25) is 5.91 Å². The fourth-order valence-electron chi connectivity index (χ4n) is 4.79. The zero-order chi connectivity index (χ0) is 21.5. The number of benzene rings is 1. The number of nitrogens with two attached hydrogens (primary N) is 1. The molecule has 6 nitrogen and oxygen atoms in total. The first-order valence-electron chi connectivity index (χ1n) is 11.5. The highest BCUT2D eigenvalue weighted by atomic mass is 16.2. The second-order valence-electron chi connectivity index (χ2n) is 8.49. The monoisotopic (exact) mass is 413 g/mol. The highest BCUT2D eigenvalue weighted by molar-refractivity contribution is 5.85. The summed E-state index contributed by atoms with van der Waals surface area (Å²) >= 11 is 0. The molecule has 1 radical (unpaired) electrons. The van der Waals surface area contributed by atoms with E-state index in [2.05, 4.69) is 36.9 Å². The third kappa shape index (κ3) is 5.75. The number of urea groups is 1. The van der Waals surface area contributed by atoms with Gasteiger partial charge in [0.25, 0.3) is 0 Å². The molecular formula is C24H37N4O2. The van der Waals surface area contributed by atoms with E-state index in [1.165, 1.54) is 16.7 Å². The number of aryl methyl sites for hydroxylation is 2. The molecular weight excluding hydrogens is 376 g/mol. The SMILES string of the molecule is CCc1ccc(C[CH]C(=O)N2CCCN(C3CCN(C(N)=O)CC3)CC2)cc1CC. The van der Waals surface area contributed by atoms with Crippen LogP contribution < -0.4 is 5.73 Å². The number of carbonyl (C=O) groups is 2. The maximum atomic E-state index is 12.8. The number of primary amides is 1. The number of piperidine rings is 1. The van der Waals surface area contributed by atoms with Crippen molar-refractivity contribution in [3.05, 3.63) is 41.3 Å². The van der Waals surface area contributed by atoms with Crippen molar-refractivity contribution in [2.24, 2.45) is 5.73 Å². The molecule has 1 aromatic carbocycles. The van der Waals surface area contributed by atoms with Crippen molar-refractivity contribution >= 4 is 11.9 Å². The van der Waals surface area contributed by atoms with Crippen LogP contribution in [-0.4, -0.2) is 71.9 Å². The quantitative estimate of drug-likeness (QED) is 0.779. The summed E-state index contributed by atoms with van der Waals surface area (Å²) in [6, 6.07) is 6.80. The van der Waals surface area contributed by atoms with E-state index < -0.39 is 0 Å². The van der Waals surface area contributed by atoms with Gasteiger partial charge in [-0.15, -0.1) is 0 Å². The molecule has 2 N–H and O–H groups in total. The van der Waals surface area contributed by atoms with Gasteiger partial charge in [-0.2, -0.15) is 0 Å². The van der Waals surface area contributed by atoms with Gasteiger partial charge in [0.1, 0.15) is 0 Å². The molecule has 2 fully saturated rings. The number of amides is 3. The average Bonchev–Trinajstić information content (AvgIpc) is 3.03. The van der Waals surface area contributed by atoms with Crippen LogP contribution >= 0.6 is 0 Å². The van der Waals surface area contributed by atoms with Crippen LogP contribution in [-0.2, 0) is 24.1 Å². The Hall–Kier alpha value is -2.08.